The molecule has 2 unspecified atom stereocenters. The molecule has 13 nitrogen and oxygen atoms in total. The fourth-order valence-electron chi connectivity index (χ4n) is 4.56. The summed E-state index contributed by atoms with van der Waals surface area (Å²) in [6.07, 6.45) is 0.121. The zero-order chi connectivity index (χ0) is 32.9. The van der Waals surface area contributed by atoms with E-state index in [9.17, 15) is 33.9 Å². The van der Waals surface area contributed by atoms with E-state index in [0.717, 1.165) is 11.1 Å². The lowest BCUT2D eigenvalue weighted by Crippen LogP contribution is -2.58. The highest BCUT2D eigenvalue weighted by Gasteiger charge is 2.44. The van der Waals surface area contributed by atoms with Gasteiger partial charge in [0.25, 0.3) is 11.8 Å². The molecule has 0 aliphatic carbocycles. The van der Waals surface area contributed by atoms with Crippen LogP contribution in [0.5, 0.6) is 0 Å². The Bertz CT molecular complexity index is 1340. The van der Waals surface area contributed by atoms with Crippen LogP contribution in [-0.4, -0.2) is 70.9 Å². The lowest BCUT2D eigenvalue weighted by Gasteiger charge is -2.25. The van der Waals surface area contributed by atoms with Crippen LogP contribution in [0.4, 0.5) is 0 Å². The Labute approximate surface area is 261 Å². The number of aryl methyl sites for hydroxylation is 2. The van der Waals surface area contributed by atoms with Gasteiger partial charge in [-0.2, -0.15) is 0 Å². The Morgan fingerprint density at radius 1 is 0.756 bits per heavy atom. The van der Waals surface area contributed by atoms with Gasteiger partial charge in [-0.05, 0) is 43.2 Å². The molecule has 242 valence electrons. The number of hydrazine groups is 1. The van der Waals surface area contributed by atoms with Gasteiger partial charge < -0.3 is 25.8 Å². The first-order chi connectivity index (χ1) is 21.4. The second kappa shape index (κ2) is 16.9. The number of hydrogen-bond acceptors (Lipinski definition) is 7. The zero-order valence-electron chi connectivity index (χ0n) is 25.6. The summed E-state index contributed by atoms with van der Waals surface area (Å²) in [5.74, 6) is -5.02. The van der Waals surface area contributed by atoms with Gasteiger partial charge in [0.2, 0.25) is 17.7 Å². The summed E-state index contributed by atoms with van der Waals surface area (Å²) in [7, 11) is 0. The van der Waals surface area contributed by atoms with Crippen molar-refractivity contribution in [3.63, 3.8) is 0 Å². The molecule has 0 saturated carbocycles. The molecule has 0 spiro atoms. The number of nitrogens with one attached hydrogen (secondary N) is 5. The second-order valence-electron chi connectivity index (χ2n) is 11.3. The quantitative estimate of drug-likeness (QED) is 0.117. The summed E-state index contributed by atoms with van der Waals surface area (Å²) in [6, 6.07) is 15.4. The average Bonchev–Trinajstić information content (AvgIpc) is 3.80. The first kappa shape index (κ1) is 34.7. The number of carbonyl (C=O) groups is 6. The van der Waals surface area contributed by atoms with E-state index in [4.69, 9.17) is 4.74 Å². The third-order valence-electron chi connectivity index (χ3n) is 7.22. The minimum atomic E-state index is -1.55. The maximum Gasteiger partial charge on any atom is 0.305 e. The van der Waals surface area contributed by atoms with Crippen molar-refractivity contribution in [1.82, 2.24) is 26.8 Å². The van der Waals surface area contributed by atoms with Crippen molar-refractivity contribution >= 4 is 35.5 Å². The molecule has 1 heterocycles. The molecule has 13 heteroatoms. The minimum Gasteiger partial charge on any atom is -0.481 e. The number of hydrogen-bond donors (Lipinski definition) is 6. The van der Waals surface area contributed by atoms with Gasteiger partial charge in [-0.3, -0.25) is 39.6 Å². The third-order valence-corrected chi connectivity index (χ3v) is 7.22. The molecule has 1 aliphatic rings. The van der Waals surface area contributed by atoms with Crippen LogP contribution in [-0.2, 0) is 46.3 Å². The van der Waals surface area contributed by atoms with E-state index in [1.807, 2.05) is 60.7 Å². The standard InChI is InChI=1S/C32H41N5O8/c1-19(2)27(35-25(38)17-15-22-12-8-5-9-13-22)31(43)33-20(3)29(41)34-23(18-26(39)40)30(42)36-37-32(44)28-24(45-28)16-14-21-10-6-4-7-11-21/h4-13,19-20,23-24,27-28H,14-18H2,1-3H3,(H,33,43)(H,34,41)(H,35,38)(H,36,42)(H,37,44)(H,39,40)/t20-,23-,24?,27-,28?/m0/s1. The van der Waals surface area contributed by atoms with E-state index in [1.54, 1.807) is 13.8 Å². The lowest BCUT2D eigenvalue weighted by molar-refractivity contribution is -0.141. The first-order valence-electron chi connectivity index (χ1n) is 14.9. The number of benzene rings is 2. The smallest absolute Gasteiger partial charge is 0.305 e. The molecule has 2 aromatic carbocycles. The number of ether oxygens (including phenoxy) is 1. The van der Waals surface area contributed by atoms with Crippen molar-refractivity contribution in [2.45, 2.75) is 83.2 Å². The van der Waals surface area contributed by atoms with Crippen LogP contribution >= 0.6 is 0 Å². The predicted molar refractivity (Wildman–Crippen MR) is 163 cm³/mol. The number of aliphatic carboxylic acids is 1. The molecule has 1 fully saturated rings. The van der Waals surface area contributed by atoms with E-state index in [1.165, 1.54) is 6.92 Å². The Kier molecular flexibility index (Phi) is 13.0. The van der Waals surface area contributed by atoms with Crippen molar-refractivity contribution < 1.29 is 38.6 Å². The van der Waals surface area contributed by atoms with Crippen LogP contribution in [0.3, 0.4) is 0 Å². The summed E-state index contributed by atoms with van der Waals surface area (Å²) in [4.78, 5) is 74.8. The highest BCUT2D eigenvalue weighted by molar-refractivity contribution is 5.96. The van der Waals surface area contributed by atoms with Crippen molar-refractivity contribution in [3.8, 4) is 0 Å². The highest BCUT2D eigenvalue weighted by Crippen LogP contribution is 2.26. The van der Waals surface area contributed by atoms with Crippen LogP contribution in [0, 0.1) is 5.92 Å². The van der Waals surface area contributed by atoms with Crippen molar-refractivity contribution in [2.24, 2.45) is 5.92 Å². The zero-order valence-corrected chi connectivity index (χ0v) is 25.6. The number of rotatable bonds is 16. The Morgan fingerprint density at radius 2 is 1.36 bits per heavy atom. The number of epoxide rings is 1. The van der Waals surface area contributed by atoms with Gasteiger partial charge in [0.1, 0.15) is 18.1 Å². The van der Waals surface area contributed by atoms with Gasteiger partial charge in [-0.1, -0.05) is 74.5 Å². The van der Waals surface area contributed by atoms with Gasteiger partial charge >= 0.3 is 5.97 Å². The molecule has 45 heavy (non-hydrogen) atoms. The topological polar surface area (TPSA) is 195 Å². The summed E-state index contributed by atoms with van der Waals surface area (Å²) < 4.78 is 5.39. The Balaban J connectivity index is 1.46. The SMILES string of the molecule is CC(C)[C@H](NC(=O)CCc1ccccc1)C(=O)N[C@@H](C)C(=O)N[C@@H](CC(=O)O)C(=O)NNC(=O)C1OC1CCc1ccccc1. The maximum atomic E-state index is 13.0. The number of carbonyl (C=O) groups excluding carboxylic acids is 5. The summed E-state index contributed by atoms with van der Waals surface area (Å²) in [5, 5.41) is 16.8. The predicted octanol–water partition coefficient (Wildman–Crippen LogP) is 0.772. The molecule has 1 aliphatic heterocycles. The van der Waals surface area contributed by atoms with E-state index in [2.05, 4.69) is 26.8 Å². The normalized spacial score (nSPS) is 17.2. The van der Waals surface area contributed by atoms with Crippen molar-refractivity contribution in [2.75, 3.05) is 0 Å². The van der Waals surface area contributed by atoms with Gasteiger partial charge in [0.15, 0.2) is 6.10 Å². The largest absolute Gasteiger partial charge is 0.481 e. The van der Waals surface area contributed by atoms with Crippen LogP contribution in [0.2, 0.25) is 0 Å². The van der Waals surface area contributed by atoms with Gasteiger partial charge in [0, 0.05) is 6.42 Å². The number of carboxylic acid groups (broad SMARTS) is 1. The Hall–Kier alpha value is -4.78. The number of carboxylic acids is 1. The first-order valence-corrected chi connectivity index (χ1v) is 14.9. The molecular weight excluding hydrogens is 582 g/mol. The van der Waals surface area contributed by atoms with Gasteiger partial charge in [-0.25, -0.2) is 0 Å². The summed E-state index contributed by atoms with van der Waals surface area (Å²) >= 11 is 0. The summed E-state index contributed by atoms with van der Waals surface area (Å²) in [6.45, 7) is 4.84. The average molecular weight is 624 g/mol. The Morgan fingerprint density at radius 3 is 1.93 bits per heavy atom. The molecule has 6 N–H and O–H groups in total. The van der Waals surface area contributed by atoms with E-state index in [0.29, 0.717) is 19.3 Å². The fourth-order valence-corrected chi connectivity index (χ4v) is 4.56. The lowest BCUT2D eigenvalue weighted by atomic mass is 10.0. The van der Waals surface area contributed by atoms with Crippen molar-refractivity contribution in [3.05, 3.63) is 71.8 Å². The van der Waals surface area contributed by atoms with Crippen LogP contribution in [0.15, 0.2) is 60.7 Å². The van der Waals surface area contributed by atoms with Crippen LogP contribution < -0.4 is 26.8 Å². The van der Waals surface area contributed by atoms with Crippen molar-refractivity contribution in [1.29, 1.82) is 0 Å². The molecule has 3 rings (SSSR count). The minimum absolute atomic E-state index is 0.167. The highest BCUT2D eigenvalue weighted by atomic mass is 16.6. The second-order valence-corrected chi connectivity index (χ2v) is 11.3. The fraction of sp³-hybridized carbons (Fsp3) is 0.438. The molecule has 0 radical (unpaired) electrons. The summed E-state index contributed by atoms with van der Waals surface area (Å²) in [5.41, 5.74) is 6.42. The molecule has 1 saturated heterocycles. The van der Waals surface area contributed by atoms with E-state index < -0.39 is 60.2 Å². The third kappa shape index (κ3) is 11.7. The van der Waals surface area contributed by atoms with Gasteiger partial charge in [-0.15, -0.1) is 0 Å². The molecule has 0 aromatic heterocycles. The maximum absolute atomic E-state index is 13.0. The molecule has 5 amide bonds. The molecule has 2 aromatic rings. The van der Waals surface area contributed by atoms with E-state index >= 15 is 0 Å². The monoisotopic (exact) mass is 623 g/mol. The molecule has 0 bridgehead atoms. The van der Waals surface area contributed by atoms with Crippen LogP contribution in [0.1, 0.15) is 51.2 Å². The number of amides is 5. The molecular formula is C32H41N5O8. The van der Waals surface area contributed by atoms with Gasteiger partial charge in [0.05, 0.1) is 12.5 Å². The van der Waals surface area contributed by atoms with Crippen LogP contribution in [0.25, 0.3) is 0 Å². The van der Waals surface area contributed by atoms with E-state index in [-0.39, 0.29) is 24.3 Å². The molecule has 5 atom stereocenters.